The molecule has 0 amide bonds. The summed E-state index contributed by atoms with van der Waals surface area (Å²) in [6, 6.07) is 2.18. The normalized spacial score (nSPS) is 19.0. The van der Waals surface area contributed by atoms with Gasteiger partial charge in [-0.25, -0.2) is 0 Å². The standard InChI is InChI=1S/C15H26N2O/c1-2-9-17-10-6-14(12-17)11-16-15(13-18)7-4-3-5-8-15/h6,10,12,16,18H,2-5,7-9,11,13H2,1H3. The summed E-state index contributed by atoms with van der Waals surface area (Å²) in [7, 11) is 0. The largest absolute Gasteiger partial charge is 0.394 e. The molecule has 102 valence electrons. The molecule has 1 aliphatic rings. The van der Waals surface area contributed by atoms with Gasteiger partial charge in [0.25, 0.3) is 0 Å². The maximum atomic E-state index is 9.64. The van der Waals surface area contributed by atoms with Crippen LogP contribution in [0.15, 0.2) is 18.5 Å². The molecule has 0 aromatic carbocycles. The molecule has 0 saturated heterocycles. The summed E-state index contributed by atoms with van der Waals surface area (Å²) >= 11 is 0. The molecule has 1 heterocycles. The van der Waals surface area contributed by atoms with Crippen molar-refractivity contribution < 1.29 is 5.11 Å². The quantitative estimate of drug-likeness (QED) is 0.814. The maximum Gasteiger partial charge on any atom is 0.0613 e. The first kappa shape index (κ1) is 13.6. The molecular formula is C15H26N2O. The molecule has 0 spiro atoms. The summed E-state index contributed by atoms with van der Waals surface area (Å²) < 4.78 is 2.24. The molecule has 0 bridgehead atoms. The predicted octanol–water partition coefficient (Wildman–Crippen LogP) is 2.68. The first-order valence-corrected chi connectivity index (χ1v) is 7.28. The van der Waals surface area contributed by atoms with Gasteiger partial charge in [0.15, 0.2) is 0 Å². The van der Waals surface area contributed by atoms with Crippen LogP contribution in [0.5, 0.6) is 0 Å². The van der Waals surface area contributed by atoms with E-state index < -0.39 is 0 Å². The van der Waals surface area contributed by atoms with E-state index in [1.54, 1.807) is 0 Å². The van der Waals surface area contributed by atoms with Gasteiger partial charge in [-0.15, -0.1) is 0 Å². The molecule has 3 heteroatoms. The SMILES string of the molecule is CCCn1ccc(CNC2(CO)CCCCC2)c1. The molecule has 2 rings (SSSR count). The van der Waals surface area contributed by atoms with Crippen LogP contribution in [0.2, 0.25) is 0 Å². The number of nitrogens with zero attached hydrogens (tertiary/aromatic N) is 1. The molecule has 1 aromatic rings. The maximum absolute atomic E-state index is 9.64. The highest BCUT2D eigenvalue weighted by molar-refractivity contribution is 5.11. The Labute approximate surface area is 110 Å². The van der Waals surface area contributed by atoms with Crippen LogP contribution in [0, 0.1) is 0 Å². The van der Waals surface area contributed by atoms with Crippen molar-refractivity contribution in [2.24, 2.45) is 0 Å². The minimum Gasteiger partial charge on any atom is -0.394 e. The summed E-state index contributed by atoms with van der Waals surface area (Å²) in [6.45, 7) is 4.42. The second kappa shape index (κ2) is 6.39. The van der Waals surface area contributed by atoms with E-state index in [4.69, 9.17) is 0 Å². The topological polar surface area (TPSA) is 37.2 Å². The van der Waals surface area contributed by atoms with Gasteiger partial charge >= 0.3 is 0 Å². The van der Waals surface area contributed by atoms with E-state index in [0.717, 1.165) is 25.9 Å². The van der Waals surface area contributed by atoms with E-state index >= 15 is 0 Å². The average molecular weight is 250 g/mol. The zero-order chi connectivity index (χ0) is 12.8. The first-order chi connectivity index (χ1) is 8.78. The minimum atomic E-state index is -0.0227. The van der Waals surface area contributed by atoms with E-state index in [1.807, 2.05) is 0 Å². The molecule has 18 heavy (non-hydrogen) atoms. The molecule has 1 saturated carbocycles. The molecule has 0 radical (unpaired) electrons. The Balaban J connectivity index is 1.88. The highest BCUT2D eigenvalue weighted by Crippen LogP contribution is 2.28. The summed E-state index contributed by atoms with van der Waals surface area (Å²) in [5.74, 6) is 0. The first-order valence-electron chi connectivity index (χ1n) is 7.28. The van der Waals surface area contributed by atoms with Crippen LogP contribution in [0.1, 0.15) is 51.0 Å². The number of rotatable bonds is 6. The van der Waals surface area contributed by atoms with Crippen LogP contribution >= 0.6 is 0 Å². The van der Waals surface area contributed by atoms with Gasteiger partial charge < -0.3 is 15.0 Å². The highest BCUT2D eigenvalue weighted by Gasteiger charge is 2.30. The van der Waals surface area contributed by atoms with Crippen molar-refractivity contribution in [2.75, 3.05) is 6.61 Å². The summed E-state index contributed by atoms with van der Waals surface area (Å²) in [4.78, 5) is 0. The molecule has 1 fully saturated rings. The minimum absolute atomic E-state index is 0.0227. The second-order valence-corrected chi connectivity index (χ2v) is 5.61. The number of aliphatic hydroxyl groups excluding tert-OH is 1. The average Bonchev–Trinajstić information content (AvgIpc) is 2.86. The Kier molecular flexibility index (Phi) is 4.84. The fourth-order valence-electron chi connectivity index (χ4n) is 2.90. The smallest absolute Gasteiger partial charge is 0.0613 e. The van der Waals surface area contributed by atoms with Crippen LogP contribution in [-0.4, -0.2) is 21.8 Å². The van der Waals surface area contributed by atoms with Crippen LogP contribution < -0.4 is 5.32 Å². The Morgan fingerprint density at radius 1 is 1.33 bits per heavy atom. The van der Waals surface area contributed by atoms with E-state index in [1.165, 1.54) is 31.2 Å². The lowest BCUT2D eigenvalue weighted by Gasteiger charge is -2.36. The molecule has 2 N–H and O–H groups in total. The number of hydrogen-bond acceptors (Lipinski definition) is 2. The molecule has 1 aromatic heterocycles. The lowest BCUT2D eigenvalue weighted by Crippen LogP contribution is -2.49. The third kappa shape index (κ3) is 3.36. The van der Waals surface area contributed by atoms with Crippen molar-refractivity contribution in [1.29, 1.82) is 0 Å². The van der Waals surface area contributed by atoms with Crippen LogP contribution in [0.3, 0.4) is 0 Å². The number of aliphatic hydroxyl groups is 1. The number of aromatic nitrogens is 1. The molecule has 0 aliphatic heterocycles. The van der Waals surface area contributed by atoms with E-state index in [-0.39, 0.29) is 12.1 Å². The van der Waals surface area contributed by atoms with Gasteiger partial charge in [0.2, 0.25) is 0 Å². The van der Waals surface area contributed by atoms with Crippen molar-refractivity contribution in [3.63, 3.8) is 0 Å². The predicted molar refractivity (Wildman–Crippen MR) is 74.5 cm³/mol. The van der Waals surface area contributed by atoms with Gasteiger partial charge in [-0.3, -0.25) is 0 Å². The molecule has 1 aliphatic carbocycles. The van der Waals surface area contributed by atoms with Gasteiger partial charge in [-0.1, -0.05) is 26.2 Å². The second-order valence-electron chi connectivity index (χ2n) is 5.61. The number of aryl methyl sites for hydroxylation is 1. The summed E-state index contributed by atoms with van der Waals surface area (Å²) in [5, 5.41) is 13.2. The number of hydrogen-bond donors (Lipinski definition) is 2. The van der Waals surface area contributed by atoms with Gasteiger partial charge in [0, 0.05) is 31.0 Å². The van der Waals surface area contributed by atoms with Crippen molar-refractivity contribution in [1.82, 2.24) is 9.88 Å². The monoisotopic (exact) mass is 250 g/mol. The van der Waals surface area contributed by atoms with E-state index in [9.17, 15) is 5.11 Å². The van der Waals surface area contributed by atoms with Crippen molar-refractivity contribution in [3.05, 3.63) is 24.0 Å². The Morgan fingerprint density at radius 2 is 2.11 bits per heavy atom. The third-order valence-corrected chi connectivity index (χ3v) is 4.07. The van der Waals surface area contributed by atoms with Crippen molar-refractivity contribution in [3.8, 4) is 0 Å². The van der Waals surface area contributed by atoms with E-state index in [0.29, 0.717) is 0 Å². The van der Waals surface area contributed by atoms with E-state index in [2.05, 4.69) is 35.3 Å². The zero-order valence-electron chi connectivity index (χ0n) is 11.5. The van der Waals surface area contributed by atoms with Gasteiger partial charge in [0.1, 0.15) is 0 Å². The molecule has 0 unspecified atom stereocenters. The lowest BCUT2D eigenvalue weighted by atomic mass is 9.82. The molecular weight excluding hydrogens is 224 g/mol. The Hall–Kier alpha value is -0.800. The third-order valence-electron chi connectivity index (χ3n) is 4.07. The van der Waals surface area contributed by atoms with Gasteiger partial charge in [-0.2, -0.15) is 0 Å². The Morgan fingerprint density at radius 3 is 2.78 bits per heavy atom. The van der Waals surface area contributed by atoms with Gasteiger partial charge in [-0.05, 0) is 30.9 Å². The van der Waals surface area contributed by atoms with Crippen LogP contribution in [0.4, 0.5) is 0 Å². The highest BCUT2D eigenvalue weighted by atomic mass is 16.3. The zero-order valence-corrected chi connectivity index (χ0v) is 11.5. The van der Waals surface area contributed by atoms with Crippen LogP contribution in [0.25, 0.3) is 0 Å². The fraction of sp³-hybridized carbons (Fsp3) is 0.733. The lowest BCUT2D eigenvalue weighted by molar-refractivity contribution is 0.119. The van der Waals surface area contributed by atoms with Crippen molar-refractivity contribution >= 4 is 0 Å². The summed E-state index contributed by atoms with van der Waals surface area (Å²) in [6.07, 6.45) is 11.5. The van der Waals surface area contributed by atoms with Crippen molar-refractivity contribution in [2.45, 2.75) is 64.1 Å². The Bertz CT molecular complexity index is 353. The van der Waals surface area contributed by atoms with Gasteiger partial charge in [0.05, 0.1) is 6.61 Å². The fourth-order valence-corrected chi connectivity index (χ4v) is 2.90. The number of nitrogens with one attached hydrogen (secondary N) is 1. The summed E-state index contributed by atoms with van der Waals surface area (Å²) in [5.41, 5.74) is 1.30. The molecule has 0 atom stereocenters. The van der Waals surface area contributed by atoms with Crippen LogP contribution in [-0.2, 0) is 13.1 Å². The molecule has 3 nitrogen and oxygen atoms in total.